The van der Waals surface area contributed by atoms with E-state index >= 15 is 0 Å². The highest BCUT2D eigenvalue weighted by molar-refractivity contribution is 6.12. The molecule has 0 aliphatic carbocycles. The molecular weight excluding hydrogens is 414 g/mol. The molecule has 0 spiro atoms. The molecule has 1 N–H and O–H groups in total. The van der Waals surface area contributed by atoms with Gasteiger partial charge in [-0.15, -0.1) is 5.10 Å². The van der Waals surface area contributed by atoms with E-state index < -0.39 is 0 Å². The maximum atomic E-state index is 13.3. The van der Waals surface area contributed by atoms with E-state index in [-0.39, 0.29) is 11.9 Å². The first-order valence-electron chi connectivity index (χ1n) is 10.6. The Hall–Kier alpha value is -4.33. The minimum absolute atomic E-state index is 0.257. The minimum atomic E-state index is -0.286. The van der Waals surface area contributed by atoms with Gasteiger partial charge in [0.15, 0.2) is 0 Å². The predicted molar refractivity (Wildman–Crippen MR) is 127 cm³/mol. The van der Waals surface area contributed by atoms with Gasteiger partial charge >= 0.3 is 0 Å². The van der Waals surface area contributed by atoms with Crippen molar-refractivity contribution >= 4 is 22.8 Å². The summed E-state index contributed by atoms with van der Waals surface area (Å²) in [4.78, 5) is 22.4. The topological polar surface area (TPSA) is 90.5 Å². The molecule has 8 heteroatoms. The minimum Gasteiger partial charge on any atom is -0.289 e. The monoisotopic (exact) mass is 437 g/mol. The average Bonchev–Trinajstić information content (AvgIpc) is 3.36. The molecule has 33 heavy (non-hydrogen) atoms. The summed E-state index contributed by atoms with van der Waals surface area (Å²) >= 11 is 0. The van der Waals surface area contributed by atoms with Crippen LogP contribution in [0.2, 0.25) is 0 Å². The molecule has 0 fully saturated rings. The number of nitrogens with zero attached hydrogens (tertiary/aromatic N) is 6. The summed E-state index contributed by atoms with van der Waals surface area (Å²) in [6.45, 7) is 4.52. The van der Waals surface area contributed by atoms with Crippen LogP contribution in [0, 0.1) is 13.8 Å². The fourth-order valence-electron chi connectivity index (χ4n) is 4.00. The highest BCUT2D eigenvalue weighted by Gasteiger charge is 2.19. The third kappa shape index (κ3) is 3.98. The number of aryl methyl sites for hydroxylation is 2. The van der Waals surface area contributed by atoms with Gasteiger partial charge in [-0.1, -0.05) is 48.5 Å². The fraction of sp³-hybridized carbons (Fsp3) is 0.160. The molecular formula is C25H23N7O. The van der Waals surface area contributed by atoms with Crippen LogP contribution >= 0.6 is 0 Å². The maximum absolute atomic E-state index is 13.3. The Balaban J connectivity index is 1.48. The number of fused-ring (bicyclic) bond motifs is 1. The normalized spacial score (nSPS) is 11.1. The molecule has 164 valence electrons. The van der Waals surface area contributed by atoms with Gasteiger partial charge in [0.2, 0.25) is 5.95 Å². The number of hydrogen-bond acceptors (Lipinski definition) is 5. The molecule has 0 saturated heterocycles. The first kappa shape index (κ1) is 20.6. The highest BCUT2D eigenvalue weighted by Crippen LogP contribution is 2.29. The molecule has 1 amide bonds. The van der Waals surface area contributed by atoms with Crippen molar-refractivity contribution in [2.75, 3.05) is 5.32 Å². The van der Waals surface area contributed by atoms with Crippen LogP contribution in [0.25, 0.3) is 22.2 Å². The van der Waals surface area contributed by atoms with E-state index in [2.05, 4.69) is 20.5 Å². The second-order valence-corrected chi connectivity index (χ2v) is 7.95. The number of benzene rings is 2. The molecule has 0 aliphatic heterocycles. The second kappa shape index (κ2) is 8.31. The summed E-state index contributed by atoms with van der Waals surface area (Å²) in [7, 11) is 1.90. The molecule has 0 atom stereocenters. The van der Waals surface area contributed by atoms with Crippen LogP contribution in [0.3, 0.4) is 0 Å². The highest BCUT2D eigenvalue weighted by atomic mass is 16.1. The second-order valence-electron chi connectivity index (χ2n) is 7.95. The van der Waals surface area contributed by atoms with Crippen LogP contribution in [0.1, 0.15) is 27.3 Å². The molecule has 3 heterocycles. The number of anilines is 1. The number of pyridine rings is 1. The van der Waals surface area contributed by atoms with Gasteiger partial charge < -0.3 is 0 Å². The van der Waals surface area contributed by atoms with E-state index in [1.807, 2.05) is 86.2 Å². The van der Waals surface area contributed by atoms with Crippen molar-refractivity contribution in [2.45, 2.75) is 20.4 Å². The van der Waals surface area contributed by atoms with Crippen LogP contribution in [-0.4, -0.2) is 35.4 Å². The Morgan fingerprint density at radius 3 is 2.52 bits per heavy atom. The van der Waals surface area contributed by atoms with Gasteiger partial charge in [0.1, 0.15) is 6.33 Å². The lowest BCUT2D eigenvalue weighted by atomic mass is 10.0. The Labute approximate surface area is 190 Å². The largest absolute Gasteiger partial charge is 0.289 e. The summed E-state index contributed by atoms with van der Waals surface area (Å²) in [5.41, 5.74) is 5.86. The number of carbonyl (C=O) groups excluding carboxylic acids is 1. The van der Waals surface area contributed by atoms with E-state index in [0.29, 0.717) is 17.8 Å². The molecule has 0 unspecified atom stereocenters. The fourth-order valence-corrected chi connectivity index (χ4v) is 4.00. The summed E-state index contributed by atoms with van der Waals surface area (Å²) in [5, 5.41) is 12.5. The van der Waals surface area contributed by atoms with Gasteiger partial charge in [-0.3, -0.25) is 14.8 Å². The van der Waals surface area contributed by atoms with E-state index in [4.69, 9.17) is 4.98 Å². The lowest BCUT2D eigenvalue weighted by molar-refractivity contribution is 0.102. The van der Waals surface area contributed by atoms with Gasteiger partial charge in [-0.05, 0) is 31.5 Å². The smallest absolute Gasteiger partial charge is 0.258 e. The average molecular weight is 438 g/mol. The van der Waals surface area contributed by atoms with E-state index in [9.17, 15) is 4.79 Å². The van der Waals surface area contributed by atoms with Crippen LogP contribution in [0.15, 0.2) is 67.0 Å². The van der Waals surface area contributed by atoms with Crippen molar-refractivity contribution in [3.05, 3.63) is 89.5 Å². The first-order chi connectivity index (χ1) is 16.0. The van der Waals surface area contributed by atoms with Gasteiger partial charge in [-0.25, -0.2) is 14.6 Å². The van der Waals surface area contributed by atoms with Crippen molar-refractivity contribution in [1.29, 1.82) is 0 Å². The van der Waals surface area contributed by atoms with Crippen LogP contribution in [0.4, 0.5) is 5.95 Å². The molecule has 0 bridgehead atoms. The number of rotatable bonds is 5. The molecule has 5 aromatic rings. The zero-order valence-corrected chi connectivity index (χ0v) is 18.6. The van der Waals surface area contributed by atoms with E-state index in [0.717, 1.165) is 33.4 Å². The number of aromatic nitrogens is 6. The lowest BCUT2D eigenvalue weighted by Crippen LogP contribution is -2.14. The summed E-state index contributed by atoms with van der Waals surface area (Å²) in [6.07, 6.45) is 1.61. The Kier molecular flexibility index (Phi) is 5.18. The third-order valence-corrected chi connectivity index (χ3v) is 5.68. The van der Waals surface area contributed by atoms with E-state index in [1.54, 1.807) is 11.0 Å². The summed E-state index contributed by atoms with van der Waals surface area (Å²) in [5.74, 6) is -0.0291. The molecule has 2 aromatic carbocycles. The molecule has 0 radical (unpaired) electrons. The quantitative estimate of drug-likeness (QED) is 0.446. The molecule has 5 rings (SSSR count). The SMILES string of the molecule is Cc1nn(C)c(C)c1-c1cc(C(=O)Nc2ncn(Cc3ccccc3)n2)c2ccccc2n1. The van der Waals surface area contributed by atoms with Gasteiger partial charge in [-0.2, -0.15) is 5.10 Å². The van der Waals surface area contributed by atoms with Crippen molar-refractivity contribution < 1.29 is 4.79 Å². The van der Waals surface area contributed by atoms with Crippen molar-refractivity contribution in [2.24, 2.45) is 7.05 Å². The van der Waals surface area contributed by atoms with E-state index in [1.165, 1.54) is 0 Å². The van der Waals surface area contributed by atoms with Crippen molar-refractivity contribution in [3.63, 3.8) is 0 Å². The molecule has 0 aliphatic rings. The number of amides is 1. The third-order valence-electron chi connectivity index (χ3n) is 5.68. The predicted octanol–water partition coefficient (Wildman–Crippen LogP) is 4.14. The van der Waals surface area contributed by atoms with Crippen molar-refractivity contribution in [1.82, 2.24) is 29.5 Å². The zero-order chi connectivity index (χ0) is 22.9. The summed E-state index contributed by atoms with van der Waals surface area (Å²) < 4.78 is 3.52. The Morgan fingerprint density at radius 2 is 1.76 bits per heavy atom. The van der Waals surface area contributed by atoms with Gasteiger partial charge in [0.25, 0.3) is 5.91 Å². The Morgan fingerprint density at radius 1 is 1.00 bits per heavy atom. The summed E-state index contributed by atoms with van der Waals surface area (Å²) in [6, 6.07) is 19.4. The zero-order valence-electron chi connectivity index (χ0n) is 18.6. The Bertz CT molecular complexity index is 1470. The van der Waals surface area contributed by atoms with Crippen LogP contribution < -0.4 is 5.32 Å². The van der Waals surface area contributed by atoms with Gasteiger partial charge in [0.05, 0.1) is 29.0 Å². The maximum Gasteiger partial charge on any atom is 0.258 e. The van der Waals surface area contributed by atoms with Gasteiger partial charge in [0, 0.05) is 23.7 Å². The van der Waals surface area contributed by atoms with Crippen molar-refractivity contribution in [3.8, 4) is 11.3 Å². The van der Waals surface area contributed by atoms with Crippen LogP contribution in [0.5, 0.6) is 0 Å². The molecule has 0 saturated carbocycles. The molecule has 3 aromatic heterocycles. The number of para-hydroxylation sites is 1. The number of nitrogens with one attached hydrogen (secondary N) is 1. The first-order valence-corrected chi connectivity index (χ1v) is 10.6. The molecule has 8 nitrogen and oxygen atoms in total. The number of carbonyl (C=O) groups is 1. The van der Waals surface area contributed by atoms with Crippen LogP contribution in [-0.2, 0) is 13.6 Å². The number of hydrogen-bond donors (Lipinski definition) is 1. The standard InChI is InChI=1S/C25H23N7O/c1-16-23(17(2)31(3)29-16)22-13-20(19-11-7-8-12-21(19)27-22)24(33)28-25-26-15-32(30-25)14-18-9-5-4-6-10-18/h4-13,15H,14H2,1-3H3,(H,28,30,33). The lowest BCUT2D eigenvalue weighted by Gasteiger charge is -2.10.